The zero-order valence-electron chi connectivity index (χ0n) is 21.2. The van der Waals surface area contributed by atoms with Crippen molar-refractivity contribution in [3.05, 3.63) is 92.0 Å². The van der Waals surface area contributed by atoms with Gasteiger partial charge in [-0.2, -0.15) is 10.2 Å². The van der Waals surface area contributed by atoms with Gasteiger partial charge in [0, 0.05) is 22.3 Å². The molecule has 10 heteroatoms. The molecule has 192 valence electrons. The van der Waals surface area contributed by atoms with Gasteiger partial charge in [-0.1, -0.05) is 12.1 Å². The lowest BCUT2D eigenvalue weighted by molar-refractivity contribution is 0.0526. The van der Waals surface area contributed by atoms with Crippen molar-refractivity contribution in [2.75, 3.05) is 20.8 Å². The highest BCUT2D eigenvalue weighted by Gasteiger charge is 2.10. The molecule has 0 saturated heterocycles. The number of nitrogens with one attached hydrogen (secondary N) is 2. The summed E-state index contributed by atoms with van der Waals surface area (Å²) in [5.41, 5.74) is 4.20. The van der Waals surface area contributed by atoms with Crippen LogP contribution < -0.4 is 20.6 Å². The first kappa shape index (κ1) is 26.9. The monoisotopic (exact) mass is 504 g/mol. The number of benzene rings is 2. The molecule has 0 saturated carbocycles. The molecule has 2 aromatic carbocycles. The molecule has 0 amide bonds. The number of nitrogens with zero attached hydrogens (tertiary/aromatic N) is 2. The maximum atomic E-state index is 11.5. The molecule has 4 aromatic rings. The van der Waals surface area contributed by atoms with E-state index in [1.165, 1.54) is 0 Å². The molecular weight excluding hydrogens is 476 g/mol. The van der Waals surface area contributed by atoms with Crippen molar-refractivity contribution >= 4 is 5.97 Å². The van der Waals surface area contributed by atoms with Crippen LogP contribution in [0.25, 0.3) is 22.5 Å². The number of carbonyl (C=O) groups is 1. The predicted octanol–water partition coefficient (Wildman–Crippen LogP) is 3.68. The third-order valence-corrected chi connectivity index (χ3v) is 5.35. The van der Waals surface area contributed by atoms with Crippen LogP contribution in [0.5, 0.6) is 11.5 Å². The summed E-state index contributed by atoms with van der Waals surface area (Å²) >= 11 is 0. The quantitative estimate of drug-likeness (QED) is 0.380. The molecule has 0 fully saturated rings. The fourth-order valence-corrected chi connectivity index (χ4v) is 3.30. The molecule has 0 aliphatic heterocycles. The molecule has 0 unspecified atom stereocenters. The van der Waals surface area contributed by atoms with Crippen molar-refractivity contribution < 1.29 is 19.0 Å². The number of hydrogen-bond acceptors (Lipinski definition) is 8. The minimum Gasteiger partial charge on any atom is -0.497 e. The molecule has 2 N–H and O–H groups in total. The second-order valence-electron chi connectivity index (χ2n) is 7.89. The van der Waals surface area contributed by atoms with Crippen LogP contribution in [0.15, 0.2) is 64.2 Å². The maximum Gasteiger partial charge on any atom is 0.338 e. The largest absolute Gasteiger partial charge is 0.497 e. The molecule has 0 aliphatic rings. The number of ether oxygens (including phenoxy) is 3. The maximum absolute atomic E-state index is 11.5. The number of esters is 1. The molecule has 0 radical (unpaired) electrons. The number of hydrogen-bond donors (Lipinski definition) is 2. The summed E-state index contributed by atoms with van der Waals surface area (Å²) in [4.78, 5) is 34.1. The van der Waals surface area contributed by atoms with E-state index in [2.05, 4.69) is 20.4 Å². The predicted molar refractivity (Wildman–Crippen MR) is 139 cm³/mol. The molecule has 4 rings (SSSR count). The average Bonchev–Trinajstić information content (AvgIpc) is 2.92. The second-order valence-corrected chi connectivity index (χ2v) is 7.89. The Balaban J connectivity index is 0.000000206. The number of aryl methyl sites for hydroxylation is 2. The smallest absolute Gasteiger partial charge is 0.338 e. The fourth-order valence-electron chi connectivity index (χ4n) is 3.30. The van der Waals surface area contributed by atoms with E-state index in [-0.39, 0.29) is 17.1 Å². The van der Waals surface area contributed by atoms with Crippen LogP contribution in [-0.2, 0) is 4.74 Å². The number of carbonyl (C=O) groups excluding carboxylic acids is 1. The van der Waals surface area contributed by atoms with Gasteiger partial charge in [-0.25, -0.2) is 15.0 Å². The third kappa shape index (κ3) is 6.69. The van der Waals surface area contributed by atoms with Crippen molar-refractivity contribution in [3.63, 3.8) is 0 Å². The Morgan fingerprint density at radius 3 is 1.95 bits per heavy atom. The first-order chi connectivity index (χ1) is 17.8. The van der Waals surface area contributed by atoms with Crippen molar-refractivity contribution in [2.24, 2.45) is 0 Å². The van der Waals surface area contributed by atoms with Crippen LogP contribution in [0.3, 0.4) is 0 Å². The van der Waals surface area contributed by atoms with Crippen LogP contribution in [0.4, 0.5) is 0 Å². The number of aromatic nitrogens is 4. The summed E-state index contributed by atoms with van der Waals surface area (Å²) in [5, 5.41) is 12.9. The van der Waals surface area contributed by atoms with Gasteiger partial charge in [0.1, 0.15) is 11.5 Å². The Morgan fingerprint density at radius 1 is 0.811 bits per heavy atom. The molecule has 2 heterocycles. The van der Waals surface area contributed by atoms with Crippen LogP contribution in [0.2, 0.25) is 0 Å². The molecule has 37 heavy (non-hydrogen) atoms. The average molecular weight is 505 g/mol. The Bertz CT molecular complexity index is 1490. The SMILES string of the molecule is CCOC(=O)c1ccc(-c2cc(C)c(=O)[nH]n2)cc1.COc1ccc(OC)c(-c2cc(C)c(=O)[nH]n2)c1. The Labute approximate surface area is 213 Å². The molecule has 10 nitrogen and oxygen atoms in total. The van der Waals surface area contributed by atoms with Crippen molar-refractivity contribution in [3.8, 4) is 34.0 Å². The molecule has 0 aliphatic carbocycles. The van der Waals surface area contributed by atoms with Gasteiger partial charge in [-0.3, -0.25) is 9.59 Å². The van der Waals surface area contributed by atoms with Gasteiger partial charge in [-0.15, -0.1) is 0 Å². The standard InChI is InChI=1S/C14H14N2O3.C13H14N2O3/c1-3-19-14(18)11-6-4-10(5-7-11)12-8-9(2)13(17)16-15-12;1-8-6-11(14-15-13(8)16)10-7-9(17-2)4-5-12(10)18-3/h4-8H,3H2,1-2H3,(H,16,17);4-7H,1-3H3,(H,15,16). The van der Waals surface area contributed by atoms with Crippen LogP contribution in [0, 0.1) is 13.8 Å². The minimum atomic E-state index is -0.348. The first-order valence-electron chi connectivity index (χ1n) is 11.4. The lowest BCUT2D eigenvalue weighted by atomic mass is 10.1. The van der Waals surface area contributed by atoms with E-state index in [9.17, 15) is 14.4 Å². The lowest BCUT2D eigenvalue weighted by Crippen LogP contribution is -2.11. The fraction of sp³-hybridized carbons (Fsp3) is 0.222. The van der Waals surface area contributed by atoms with E-state index < -0.39 is 0 Å². The van der Waals surface area contributed by atoms with Gasteiger partial charge < -0.3 is 14.2 Å². The van der Waals surface area contributed by atoms with Crippen LogP contribution >= 0.6 is 0 Å². The van der Waals surface area contributed by atoms with Crippen molar-refractivity contribution in [1.82, 2.24) is 20.4 Å². The van der Waals surface area contributed by atoms with E-state index in [0.717, 1.165) is 11.1 Å². The highest BCUT2D eigenvalue weighted by Crippen LogP contribution is 2.31. The molecule has 0 bridgehead atoms. The van der Waals surface area contributed by atoms with Gasteiger partial charge in [0.05, 0.1) is 37.8 Å². The first-order valence-corrected chi connectivity index (χ1v) is 11.4. The highest BCUT2D eigenvalue weighted by atomic mass is 16.5. The van der Waals surface area contributed by atoms with E-state index in [4.69, 9.17) is 14.2 Å². The van der Waals surface area contributed by atoms with Crippen molar-refractivity contribution in [2.45, 2.75) is 20.8 Å². The third-order valence-electron chi connectivity index (χ3n) is 5.35. The molecule has 2 aromatic heterocycles. The Morgan fingerprint density at radius 2 is 1.41 bits per heavy atom. The summed E-state index contributed by atoms with van der Waals surface area (Å²) in [6.07, 6.45) is 0. The van der Waals surface area contributed by atoms with Gasteiger partial charge in [0.25, 0.3) is 11.1 Å². The van der Waals surface area contributed by atoms with Gasteiger partial charge >= 0.3 is 5.97 Å². The lowest BCUT2D eigenvalue weighted by Gasteiger charge is -2.09. The van der Waals surface area contributed by atoms with Gasteiger partial charge in [0.15, 0.2) is 0 Å². The molecular formula is C27H28N4O6. The van der Waals surface area contributed by atoms with E-state index in [1.54, 1.807) is 83.5 Å². The summed E-state index contributed by atoms with van der Waals surface area (Å²) < 4.78 is 15.4. The highest BCUT2D eigenvalue weighted by molar-refractivity contribution is 5.90. The van der Waals surface area contributed by atoms with E-state index in [1.807, 2.05) is 6.07 Å². The van der Waals surface area contributed by atoms with E-state index >= 15 is 0 Å². The van der Waals surface area contributed by atoms with Crippen molar-refractivity contribution in [1.29, 1.82) is 0 Å². The van der Waals surface area contributed by atoms with Gasteiger partial charge in [0.2, 0.25) is 0 Å². The van der Waals surface area contributed by atoms with E-state index in [0.29, 0.717) is 46.2 Å². The Kier molecular flexibility index (Phi) is 8.93. The summed E-state index contributed by atoms with van der Waals surface area (Å²) in [6, 6.07) is 15.7. The summed E-state index contributed by atoms with van der Waals surface area (Å²) in [5.74, 6) is 1.03. The topological polar surface area (TPSA) is 136 Å². The summed E-state index contributed by atoms with van der Waals surface area (Å²) in [6.45, 7) is 5.56. The summed E-state index contributed by atoms with van der Waals surface area (Å²) in [7, 11) is 3.18. The van der Waals surface area contributed by atoms with Gasteiger partial charge in [-0.05, 0) is 63.2 Å². The normalized spacial score (nSPS) is 10.2. The second kappa shape index (κ2) is 12.3. The van der Waals surface area contributed by atoms with Crippen LogP contribution in [0.1, 0.15) is 28.4 Å². The number of rotatable bonds is 6. The Hall–Kier alpha value is -4.73. The number of methoxy groups -OCH3 is 2. The zero-order valence-corrected chi connectivity index (χ0v) is 21.2. The molecule has 0 spiro atoms. The van der Waals surface area contributed by atoms with Crippen LogP contribution in [-0.4, -0.2) is 47.2 Å². The number of H-pyrrole nitrogens is 2. The minimum absolute atomic E-state index is 0.194. The number of aromatic amines is 2. The molecule has 0 atom stereocenters. The zero-order chi connectivity index (χ0) is 26.9.